The van der Waals surface area contributed by atoms with Gasteiger partial charge >= 0.3 is 0 Å². The second-order valence-corrected chi connectivity index (χ2v) is 5.37. The Kier molecular flexibility index (Phi) is 6.57. The number of pyridine rings is 1. The largest absolute Gasteiger partial charge is 0.489 e. The van der Waals surface area contributed by atoms with Crippen LogP contribution in [0.15, 0.2) is 47.4 Å². The highest BCUT2D eigenvalue weighted by atomic mass is 16.5. The van der Waals surface area contributed by atoms with E-state index in [4.69, 9.17) is 9.47 Å². The van der Waals surface area contributed by atoms with E-state index in [1.165, 1.54) is 10.6 Å². The molecule has 1 aromatic carbocycles. The monoisotopic (exact) mass is 330 g/mol. The maximum absolute atomic E-state index is 12.2. The molecule has 2 aromatic rings. The molecule has 0 atom stereocenters. The predicted molar refractivity (Wildman–Crippen MR) is 92.5 cm³/mol. The van der Waals surface area contributed by atoms with Gasteiger partial charge in [-0.25, -0.2) is 0 Å². The summed E-state index contributed by atoms with van der Waals surface area (Å²) in [5, 5.41) is 2.83. The van der Waals surface area contributed by atoms with Crippen LogP contribution in [0.2, 0.25) is 0 Å². The third-order valence-corrected chi connectivity index (χ3v) is 3.43. The number of nitrogens with one attached hydrogen (secondary N) is 1. The molecule has 0 bridgehead atoms. The van der Waals surface area contributed by atoms with Crippen molar-refractivity contribution < 1.29 is 14.3 Å². The number of anilines is 1. The molecule has 2 rings (SSSR count). The molecule has 1 N–H and O–H groups in total. The molecule has 128 valence electrons. The highest BCUT2D eigenvalue weighted by Gasteiger charge is 2.09. The second-order valence-electron chi connectivity index (χ2n) is 5.37. The normalized spacial score (nSPS) is 10.4. The standard InChI is InChI=1S/C18H22N2O4/c1-14-6-7-15(16(13-14)24-12-11-23-2)19-17(21)8-10-20-9-4-3-5-18(20)22/h3-7,9,13H,8,10-12H2,1-2H3,(H,19,21). The predicted octanol–water partition coefficient (Wildman–Crippen LogP) is 2.21. The molecule has 0 unspecified atom stereocenters. The number of ether oxygens (including phenoxy) is 2. The van der Waals surface area contributed by atoms with Gasteiger partial charge in [0.1, 0.15) is 12.4 Å². The van der Waals surface area contributed by atoms with Gasteiger partial charge in [0.25, 0.3) is 5.56 Å². The van der Waals surface area contributed by atoms with E-state index < -0.39 is 0 Å². The Morgan fingerprint density at radius 1 is 1.21 bits per heavy atom. The number of hydrogen-bond acceptors (Lipinski definition) is 4. The number of amides is 1. The van der Waals surface area contributed by atoms with Crippen LogP contribution >= 0.6 is 0 Å². The Labute approximate surface area is 141 Å². The van der Waals surface area contributed by atoms with Crippen molar-refractivity contribution in [2.45, 2.75) is 19.9 Å². The molecule has 6 heteroatoms. The number of aromatic nitrogens is 1. The lowest BCUT2D eigenvalue weighted by Gasteiger charge is -2.13. The SMILES string of the molecule is COCCOc1cc(C)ccc1NC(=O)CCn1ccccc1=O. The van der Waals surface area contributed by atoms with Crippen LogP contribution in [-0.2, 0) is 16.1 Å². The first-order valence-electron chi connectivity index (χ1n) is 7.78. The molecule has 1 amide bonds. The van der Waals surface area contributed by atoms with Crippen LogP contribution in [0, 0.1) is 6.92 Å². The van der Waals surface area contributed by atoms with E-state index in [2.05, 4.69) is 5.32 Å². The summed E-state index contributed by atoms with van der Waals surface area (Å²) in [5.74, 6) is 0.434. The topological polar surface area (TPSA) is 69.6 Å². The van der Waals surface area contributed by atoms with Crippen molar-refractivity contribution in [3.05, 3.63) is 58.5 Å². The molecule has 6 nitrogen and oxygen atoms in total. The second kappa shape index (κ2) is 8.88. The minimum absolute atomic E-state index is 0.121. The maximum atomic E-state index is 12.2. The summed E-state index contributed by atoms with van der Waals surface area (Å²) in [5.41, 5.74) is 1.53. The van der Waals surface area contributed by atoms with Crippen LogP contribution in [-0.4, -0.2) is 30.8 Å². The average molecular weight is 330 g/mol. The quantitative estimate of drug-likeness (QED) is 0.754. The van der Waals surface area contributed by atoms with Crippen LogP contribution in [0.1, 0.15) is 12.0 Å². The maximum Gasteiger partial charge on any atom is 0.250 e. The zero-order valence-corrected chi connectivity index (χ0v) is 14.0. The molecule has 0 aliphatic rings. The summed E-state index contributed by atoms with van der Waals surface area (Å²) in [6.07, 6.45) is 1.87. The minimum atomic E-state index is -0.175. The molecule has 1 aromatic heterocycles. The molecule has 0 fully saturated rings. The lowest BCUT2D eigenvalue weighted by Crippen LogP contribution is -2.22. The van der Waals surface area contributed by atoms with Crippen molar-refractivity contribution in [1.29, 1.82) is 0 Å². The van der Waals surface area contributed by atoms with Gasteiger partial charge in [0.15, 0.2) is 0 Å². The Hall–Kier alpha value is -2.60. The van der Waals surface area contributed by atoms with Gasteiger partial charge in [-0.3, -0.25) is 9.59 Å². The van der Waals surface area contributed by atoms with Crippen molar-refractivity contribution in [3.8, 4) is 5.75 Å². The fourth-order valence-corrected chi connectivity index (χ4v) is 2.17. The fraction of sp³-hybridized carbons (Fsp3) is 0.333. The Bertz CT molecular complexity index is 740. The van der Waals surface area contributed by atoms with Gasteiger partial charge in [0.05, 0.1) is 12.3 Å². The first-order chi connectivity index (χ1) is 11.6. The van der Waals surface area contributed by atoms with Gasteiger partial charge in [0, 0.05) is 32.3 Å². The van der Waals surface area contributed by atoms with E-state index in [0.717, 1.165) is 5.56 Å². The summed E-state index contributed by atoms with van der Waals surface area (Å²) in [4.78, 5) is 23.8. The Morgan fingerprint density at radius 2 is 2.04 bits per heavy atom. The molecule has 1 heterocycles. The van der Waals surface area contributed by atoms with E-state index in [-0.39, 0.29) is 17.9 Å². The summed E-state index contributed by atoms with van der Waals surface area (Å²) in [6.45, 7) is 3.16. The van der Waals surface area contributed by atoms with Crippen molar-refractivity contribution in [2.24, 2.45) is 0 Å². The van der Waals surface area contributed by atoms with E-state index in [1.54, 1.807) is 25.4 Å². The number of hydrogen-bond donors (Lipinski definition) is 1. The lowest BCUT2D eigenvalue weighted by molar-refractivity contribution is -0.116. The summed E-state index contributed by atoms with van der Waals surface area (Å²) >= 11 is 0. The first-order valence-corrected chi connectivity index (χ1v) is 7.78. The summed E-state index contributed by atoms with van der Waals surface area (Å²) in [6, 6.07) is 10.5. The van der Waals surface area contributed by atoms with E-state index in [9.17, 15) is 9.59 Å². The minimum Gasteiger partial charge on any atom is -0.489 e. The van der Waals surface area contributed by atoms with Gasteiger partial charge in [-0.1, -0.05) is 12.1 Å². The molecule has 24 heavy (non-hydrogen) atoms. The zero-order chi connectivity index (χ0) is 17.4. The van der Waals surface area contributed by atoms with Gasteiger partial charge in [-0.05, 0) is 30.7 Å². The Balaban J connectivity index is 1.98. The van der Waals surface area contributed by atoms with Gasteiger partial charge < -0.3 is 19.4 Å². The smallest absolute Gasteiger partial charge is 0.250 e. The van der Waals surface area contributed by atoms with E-state index in [0.29, 0.717) is 31.2 Å². The molecular formula is C18H22N2O4. The van der Waals surface area contributed by atoms with Crippen LogP contribution in [0.4, 0.5) is 5.69 Å². The van der Waals surface area contributed by atoms with Crippen molar-refractivity contribution in [1.82, 2.24) is 4.57 Å². The number of carbonyl (C=O) groups is 1. The van der Waals surface area contributed by atoms with Crippen molar-refractivity contribution in [2.75, 3.05) is 25.6 Å². The number of benzene rings is 1. The lowest BCUT2D eigenvalue weighted by atomic mass is 10.2. The average Bonchev–Trinajstić information content (AvgIpc) is 2.57. The number of carbonyl (C=O) groups excluding carboxylic acids is 1. The van der Waals surface area contributed by atoms with Crippen molar-refractivity contribution in [3.63, 3.8) is 0 Å². The van der Waals surface area contributed by atoms with E-state index >= 15 is 0 Å². The third kappa shape index (κ3) is 5.24. The molecule has 0 aliphatic heterocycles. The first kappa shape index (κ1) is 17.7. The molecule has 0 spiro atoms. The summed E-state index contributed by atoms with van der Waals surface area (Å²) in [7, 11) is 1.60. The molecule has 0 aliphatic carbocycles. The van der Waals surface area contributed by atoms with Gasteiger partial charge in [-0.15, -0.1) is 0 Å². The van der Waals surface area contributed by atoms with Gasteiger partial charge in [0.2, 0.25) is 5.91 Å². The molecular weight excluding hydrogens is 308 g/mol. The van der Waals surface area contributed by atoms with Crippen LogP contribution in [0.5, 0.6) is 5.75 Å². The third-order valence-electron chi connectivity index (χ3n) is 3.43. The number of aryl methyl sites for hydroxylation is 2. The highest BCUT2D eigenvalue weighted by molar-refractivity contribution is 5.92. The zero-order valence-electron chi connectivity index (χ0n) is 14.0. The highest BCUT2D eigenvalue weighted by Crippen LogP contribution is 2.25. The fourth-order valence-electron chi connectivity index (χ4n) is 2.17. The summed E-state index contributed by atoms with van der Waals surface area (Å²) < 4.78 is 12.1. The Morgan fingerprint density at radius 3 is 2.79 bits per heavy atom. The van der Waals surface area contributed by atoms with Gasteiger partial charge in [-0.2, -0.15) is 0 Å². The number of nitrogens with zero attached hydrogens (tertiary/aromatic N) is 1. The van der Waals surface area contributed by atoms with Crippen molar-refractivity contribution >= 4 is 11.6 Å². The molecule has 0 radical (unpaired) electrons. The van der Waals surface area contributed by atoms with Crippen LogP contribution in [0.3, 0.4) is 0 Å². The number of methoxy groups -OCH3 is 1. The van der Waals surface area contributed by atoms with Crippen LogP contribution < -0.4 is 15.6 Å². The van der Waals surface area contributed by atoms with Crippen LogP contribution in [0.25, 0.3) is 0 Å². The molecule has 0 saturated carbocycles. The number of rotatable bonds is 8. The van der Waals surface area contributed by atoms with E-state index in [1.807, 2.05) is 25.1 Å². The molecule has 0 saturated heterocycles.